The minimum absolute atomic E-state index is 0.506. The number of rotatable bonds is 7. The number of halogens is 1. The molecule has 1 heterocycles. The van der Waals surface area contributed by atoms with Crippen molar-refractivity contribution in [2.75, 3.05) is 38.1 Å². The highest BCUT2D eigenvalue weighted by Crippen LogP contribution is 2.24. The zero-order chi connectivity index (χ0) is 15.2. The van der Waals surface area contributed by atoms with Gasteiger partial charge in [-0.15, -0.1) is 0 Å². The van der Waals surface area contributed by atoms with E-state index in [0.717, 1.165) is 17.6 Å². The molecule has 1 saturated heterocycles. The van der Waals surface area contributed by atoms with Crippen LogP contribution in [-0.4, -0.2) is 44.2 Å². The van der Waals surface area contributed by atoms with Gasteiger partial charge in [-0.1, -0.05) is 29.8 Å². The lowest BCUT2D eigenvalue weighted by Crippen LogP contribution is -2.32. The normalized spacial score (nSPS) is 15.9. The molecule has 3 nitrogen and oxygen atoms in total. The number of nitrogens with one attached hydrogen (secondary N) is 1. The summed E-state index contributed by atoms with van der Waals surface area (Å²) in [5, 5.41) is 3.52. The van der Waals surface area contributed by atoms with Gasteiger partial charge in [-0.05, 0) is 49.7 Å². The molecule has 0 amide bonds. The number of anilines is 1. The van der Waals surface area contributed by atoms with Gasteiger partial charge in [0.2, 0.25) is 0 Å². The van der Waals surface area contributed by atoms with E-state index >= 15 is 0 Å². The number of hydrogen-bond acceptors (Lipinski definition) is 3. The maximum absolute atomic E-state index is 3.59. The summed E-state index contributed by atoms with van der Waals surface area (Å²) in [6.45, 7) is 10.1. The molecule has 0 saturated carbocycles. The molecule has 1 aliphatic heterocycles. The summed E-state index contributed by atoms with van der Waals surface area (Å²) in [5.41, 5.74) is 2.70. The fourth-order valence-electron chi connectivity index (χ4n) is 2.80. The van der Waals surface area contributed by atoms with Crippen LogP contribution in [0.5, 0.6) is 0 Å². The standard InChI is InChI=1S/C17H28BrN3/c1-14(2)19-13-15-12-16(18)6-7-17(15)20(3)10-11-21-8-4-5-9-21/h6-7,12,14,19H,4-5,8-11,13H2,1-3H3. The predicted octanol–water partition coefficient (Wildman–Crippen LogP) is 3.48. The summed E-state index contributed by atoms with van der Waals surface area (Å²) in [5.74, 6) is 0. The third kappa shape index (κ3) is 5.28. The van der Waals surface area contributed by atoms with Crippen LogP contribution in [-0.2, 0) is 6.54 Å². The molecule has 1 fully saturated rings. The Kier molecular flexibility index (Phi) is 6.52. The molecule has 0 atom stereocenters. The van der Waals surface area contributed by atoms with Crippen LogP contribution >= 0.6 is 15.9 Å². The van der Waals surface area contributed by atoms with Crippen LogP contribution < -0.4 is 10.2 Å². The summed E-state index contributed by atoms with van der Waals surface area (Å²) in [7, 11) is 2.21. The van der Waals surface area contributed by atoms with Gasteiger partial charge in [-0.3, -0.25) is 0 Å². The number of likely N-dealkylation sites (N-methyl/N-ethyl adjacent to an activating group) is 1. The Labute approximate surface area is 137 Å². The number of hydrogen-bond donors (Lipinski definition) is 1. The van der Waals surface area contributed by atoms with Crippen LogP contribution in [0, 0.1) is 0 Å². The first kappa shape index (κ1) is 16.8. The van der Waals surface area contributed by atoms with Gasteiger partial charge in [-0.2, -0.15) is 0 Å². The second kappa shape index (κ2) is 8.16. The molecule has 1 aromatic carbocycles. The summed E-state index contributed by atoms with van der Waals surface area (Å²) in [4.78, 5) is 4.96. The molecule has 0 aromatic heterocycles. The van der Waals surface area contributed by atoms with E-state index in [2.05, 4.69) is 70.1 Å². The van der Waals surface area contributed by atoms with Gasteiger partial charge < -0.3 is 15.1 Å². The minimum Gasteiger partial charge on any atom is -0.373 e. The van der Waals surface area contributed by atoms with Crippen LogP contribution in [0.2, 0.25) is 0 Å². The largest absolute Gasteiger partial charge is 0.373 e. The van der Waals surface area contributed by atoms with Crippen molar-refractivity contribution in [3.8, 4) is 0 Å². The zero-order valence-corrected chi connectivity index (χ0v) is 15.1. The van der Waals surface area contributed by atoms with E-state index in [9.17, 15) is 0 Å². The molecule has 1 aliphatic rings. The number of likely N-dealkylation sites (tertiary alicyclic amines) is 1. The van der Waals surface area contributed by atoms with Gasteiger partial charge in [0, 0.05) is 42.9 Å². The SMILES string of the molecule is CC(C)NCc1cc(Br)ccc1N(C)CCN1CCCC1. The van der Waals surface area contributed by atoms with Crippen molar-refractivity contribution in [2.24, 2.45) is 0 Å². The van der Waals surface area contributed by atoms with Crippen molar-refractivity contribution >= 4 is 21.6 Å². The summed E-state index contributed by atoms with van der Waals surface area (Å²) >= 11 is 3.59. The van der Waals surface area contributed by atoms with E-state index in [4.69, 9.17) is 0 Å². The fourth-order valence-corrected chi connectivity index (χ4v) is 3.21. The summed E-state index contributed by atoms with van der Waals surface area (Å²) in [6, 6.07) is 7.11. The van der Waals surface area contributed by atoms with Gasteiger partial charge in [0.05, 0.1) is 0 Å². The van der Waals surface area contributed by atoms with Crippen molar-refractivity contribution in [1.82, 2.24) is 10.2 Å². The molecule has 4 heteroatoms. The Morgan fingerprint density at radius 3 is 2.67 bits per heavy atom. The Morgan fingerprint density at radius 1 is 1.29 bits per heavy atom. The predicted molar refractivity (Wildman–Crippen MR) is 95.1 cm³/mol. The third-order valence-electron chi connectivity index (χ3n) is 4.10. The lowest BCUT2D eigenvalue weighted by atomic mass is 10.1. The fraction of sp³-hybridized carbons (Fsp3) is 0.647. The molecule has 0 spiro atoms. The maximum atomic E-state index is 3.59. The zero-order valence-electron chi connectivity index (χ0n) is 13.5. The Bertz CT molecular complexity index is 442. The Balaban J connectivity index is 1.98. The second-order valence-corrected chi connectivity index (χ2v) is 7.19. The second-order valence-electron chi connectivity index (χ2n) is 6.28. The first-order valence-electron chi connectivity index (χ1n) is 8.01. The first-order chi connectivity index (χ1) is 10.1. The van der Waals surface area contributed by atoms with Gasteiger partial charge in [0.1, 0.15) is 0 Å². The summed E-state index contributed by atoms with van der Waals surface area (Å²) < 4.78 is 1.15. The van der Waals surface area contributed by atoms with Gasteiger partial charge in [-0.25, -0.2) is 0 Å². The molecule has 118 valence electrons. The highest BCUT2D eigenvalue weighted by atomic mass is 79.9. The van der Waals surface area contributed by atoms with E-state index in [-0.39, 0.29) is 0 Å². The van der Waals surface area contributed by atoms with Crippen LogP contribution in [0.4, 0.5) is 5.69 Å². The lowest BCUT2D eigenvalue weighted by molar-refractivity contribution is 0.346. The Hall–Kier alpha value is -0.580. The van der Waals surface area contributed by atoms with Crippen molar-refractivity contribution in [3.63, 3.8) is 0 Å². The molecular weight excluding hydrogens is 326 g/mol. The quantitative estimate of drug-likeness (QED) is 0.809. The van der Waals surface area contributed by atoms with E-state index in [1.807, 2.05) is 0 Å². The molecule has 0 unspecified atom stereocenters. The highest BCUT2D eigenvalue weighted by molar-refractivity contribution is 9.10. The van der Waals surface area contributed by atoms with Gasteiger partial charge in [0.25, 0.3) is 0 Å². The molecule has 21 heavy (non-hydrogen) atoms. The van der Waals surface area contributed by atoms with E-state index in [0.29, 0.717) is 6.04 Å². The van der Waals surface area contributed by atoms with Crippen LogP contribution in [0.25, 0.3) is 0 Å². The minimum atomic E-state index is 0.506. The van der Waals surface area contributed by atoms with E-state index in [1.54, 1.807) is 0 Å². The smallest absolute Gasteiger partial charge is 0.0410 e. The highest BCUT2D eigenvalue weighted by Gasteiger charge is 2.13. The van der Waals surface area contributed by atoms with Crippen LogP contribution in [0.3, 0.4) is 0 Å². The monoisotopic (exact) mass is 353 g/mol. The van der Waals surface area contributed by atoms with Crippen molar-refractivity contribution in [3.05, 3.63) is 28.2 Å². The van der Waals surface area contributed by atoms with Crippen LogP contribution in [0.15, 0.2) is 22.7 Å². The third-order valence-corrected chi connectivity index (χ3v) is 4.60. The molecular formula is C17H28BrN3. The molecule has 1 aromatic rings. The maximum Gasteiger partial charge on any atom is 0.0410 e. The molecule has 0 aliphatic carbocycles. The first-order valence-corrected chi connectivity index (χ1v) is 8.81. The summed E-state index contributed by atoms with van der Waals surface area (Å²) in [6.07, 6.45) is 2.73. The topological polar surface area (TPSA) is 18.5 Å². The number of benzene rings is 1. The van der Waals surface area contributed by atoms with E-state index < -0.39 is 0 Å². The van der Waals surface area contributed by atoms with E-state index in [1.165, 1.54) is 43.7 Å². The Morgan fingerprint density at radius 2 is 2.00 bits per heavy atom. The van der Waals surface area contributed by atoms with Gasteiger partial charge >= 0.3 is 0 Å². The molecule has 0 radical (unpaired) electrons. The van der Waals surface area contributed by atoms with Crippen molar-refractivity contribution in [1.29, 1.82) is 0 Å². The molecule has 0 bridgehead atoms. The van der Waals surface area contributed by atoms with Crippen molar-refractivity contribution < 1.29 is 0 Å². The lowest BCUT2D eigenvalue weighted by Gasteiger charge is -2.26. The number of nitrogens with zero attached hydrogens (tertiary/aromatic N) is 2. The molecule has 2 rings (SSSR count). The van der Waals surface area contributed by atoms with Crippen molar-refractivity contribution in [2.45, 2.75) is 39.3 Å². The van der Waals surface area contributed by atoms with Gasteiger partial charge in [0.15, 0.2) is 0 Å². The average molecular weight is 354 g/mol. The molecule has 1 N–H and O–H groups in total. The average Bonchev–Trinajstić information content (AvgIpc) is 2.96. The van der Waals surface area contributed by atoms with Crippen LogP contribution in [0.1, 0.15) is 32.3 Å².